The van der Waals surface area contributed by atoms with Crippen LogP contribution < -0.4 is 5.32 Å². The fourth-order valence-electron chi connectivity index (χ4n) is 2.52. The molecule has 1 heterocycles. The number of carbonyl (C=O) groups is 2. The molecule has 1 aliphatic rings. The van der Waals surface area contributed by atoms with E-state index in [2.05, 4.69) is 5.32 Å². The summed E-state index contributed by atoms with van der Waals surface area (Å²) >= 11 is 5.89. The minimum Gasteiger partial charge on any atom is -0.480 e. The predicted molar refractivity (Wildman–Crippen MR) is 81.8 cm³/mol. The topological polar surface area (TPSA) is 79.5 Å². The number of amides is 1. The molecule has 0 radical (unpaired) electrons. The SMILES string of the molecule is O=C(Cc1coc2cc(Cl)ccc12)NC(CC1CC1)C(=O)O. The average Bonchev–Trinajstić information content (AvgIpc) is 3.19. The minimum absolute atomic E-state index is 0.0864. The molecule has 0 aliphatic heterocycles. The van der Waals surface area contributed by atoms with Gasteiger partial charge in [-0.15, -0.1) is 0 Å². The Labute approximate surface area is 132 Å². The lowest BCUT2D eigenvalue weighted by Gasteiger charge is -2.13. The molecule has 22 heavy (non-hydrogen) atoms. The van der Waals surface area contributed by atoms with E-state index in [1.165, 1.54) is 6.26 Å². The molecule has 1 unspecified atom stereocenters. The zero-order valence-electron chi connectivity index (χ0n) is 11.8. The maximum Gasteiger partial charge on any atom is 0.326 e. The Morgan fingerprint density at radius 2 is 2.18 bits per heavy atom. The summed E-state index contributed by atoms with van der Waals surface area (Å²) in [5.74, 6) is -0.868. The number of rotatable bonds is 6. The number of aliphatic carboxylic acids is 1. The van der Waals surface area contributed by atoms with Crippen LogP contribution in [-0.4, -0.2) is 23.0 Å². The van der Waals surface area contributed by atoms with Crippen molar-refractivity contribution in [1.29, 1.82) is 0 Å². The quantitative estimate of drug-likeness (QED) is 0.857. The summed E-state index contributed by atoms with van der Waals surface area (Å²) in [6.07, 6.45) is 4.20. The number of carbonyl (C=O) groups excluding carboxylic acids is 1. The summed E-state index contributed by atoms with van der Waals surface area (Å²) in [6.45, 7) is 0. The molecular weight excluding hydrogens is 306 g/mol. The van der Waals surface area contributed by atoms with Crippen LogP contribution in [0.2, 0.25) is 5.02 Å². The highest BCUT2D eigenvalue weighted by molar-refractivity contribution is 6.31. The lowest BCUT2D eigenvalue weighted by molar-refractivity contribution is -0.142. The molecule has 1 fully saturated rings. The molecule has 1 aromatic heterocycles. The second kappa shape index (κ2) is 6.01. The van der Waals surface area contributed by atoms with E-state index < -0.39 is 12.0 Å². The average molecular weight is 322 g/mol. The van der Waals surface area contributed by atoms with Crippen molar-refractivity contribution in [2.75, 3.05) is 0 Å². The maximum absolute atomic E-state index is 12.1. The van der Waals surface area contributed by atoms with E-state index in [1.807, 2.05) is 0 Å². The van der Waals surface area contributed by atoms with Crippen LogP contribution in [0.4, 0.5) is 0 Å². The van der Waals surface area contributed by atoms with Gasteiger partial charge in [0.1, 0.15) is 11.6 Å². The van der Waals surface area contributed by atoms with Crippen molar-refractivity contribution in [3.63, 3.8) is 0 Å². The monoisotopic (exact) mass is 321 g/mol. The lowest BCUT2D eigenvalue weighted by atomic mass is 10.1. The van der Waals surface area contributed by atoms with Crippen LogP contribution in [0.1, 0.15) is 24.8 Å². The third-order valence-corrected chi connectivity index (χ3v) is 4.10. The molecule has 1 saturated carbocycles. The number of hydrogen-bond acceptors (Lipinski definition) is 3. The van der Waals surface area contributed by atoms with Crippen LogP contribution in [-0.2, 0) is 16.0 Å². The van der Waals surface area contributed by atoms with Crippen LogP contribution in [0.3, 0.4) is 0 Å². The minimum atomic E-state index is -0.982. The third kappa shape index (κ3) is 3.42. The van der Waals surface area contributed by atoms with E-state index >= 15 is 0 Å². The zero-order chi connectivity index (χ0) is 15.7. The molecule has 5 nitrogen and oxygen atoms in total. The first-order chi connectivity index (χ1) is 10.5. The number of fused-ring (bicyclic) bond motifs is 1. The highest BCUT2D eigenvalue weighted by atomic mass is 35.5. The number of hydrogen-bond donors (Lipinski definition) is 2. The van der Waals surface area contributed by atoms with Gasteiger partial charge in [-0.25, -0.2) is 4.79 Å². The van der Waals surface area contributed by atoms with E-state index in [0.717, 1.165) is 23.8 Å². The first kappa shape index (κ1) is 14.9. The number of halogens is 1. The Kier molecular flexibility index (Phi) is 4.07. The van der Waals surface area contributed by atoms with Crippen LogP contribution in [0.5, 0.6) is 0 Å². The van der Waals surface area contributed by atoms with Crippen molar-refractivity contribution >= 4 is 34.4 Å². The van der Waals surface area contributed by atoms with E-state index in [1.54, 1.807) is 18.2 Å². The van der Waals surface area contributed by atoms with Crippen LogP contribution >= 0.6 is 11.6 Å². The lowest BCUT2D eigenvalue weighted by Crippen LogP contribution is -2.41. The van der Waals surface area contributed by atoms with Crippen LogP contribution in [0.25, 0.3) is 11.0 Å². The molecule has 0 spiro atoms. The van der Waals surface area contributed by atoms with Gasteiger partial charge in [0.15, 0.2) is 0 Å². The van der Waals surface area contributed by atoms with Crippen molar-refractivity contribution in [1.82, 2.24) is 5.32 Å². The Balaban J connectivity index is 1.68. The predicted octanol–water partition coefficient (Wildman–Crippen LogP) is 3.00. The van der Waals surface area contributed by atoms with E-state index in [4.69, 9.17) is 16.0 Å². The molecule has 0 saturated heterocycles. The fraction of sp³-hybridized carbons (Fsp3) is 0.375. The first-order valence-electron chi connectivity index (χ1n) is 7.20. The molecule has 2 N–H and O–H groups in total. The summed E-state index contributed by atoms with van der Waals surface area (Å²) in [4.78, 5) is 23.3. The van der Waals surface area contributed by atoms with Crippen LogP contribution in [0.15, 0.2) is 28.9 Å². The van der Waals surface area contributed by atoms with Gasteiger partial charge in [0.25, 0.3) is 0 Å². The molecule has 2 aromatic rings. The first-order valence-corrected chi connectivity index (χ1v) is 7.58. The second-order valence-corrected chi connectivity index (χ2v) is 6.15. The Morgan fingerprint density at radius 1 is 1.41 bits per heavy atom. The molecule has 1 amide bonds. The van der Waals surface area contributed by atoms with Crippen molar-refractivity contribution in [3.05, 3.63) is 35.0 Å². The van der Waals surface area contributed by atoms with Crippen molar-refractivity contribution in [2.45, 2.75) is 31.7 Å². The van der Waals surface area contributed by atoms with Gasteiger partial charge in [-0.05, 0) is 30.5 Å². The Hall–Kier alpha value is -2.01. The second-order valence-electron chi connectivity index (χ2n) is 5.72. The summed E-state index contributed by atoms with van der Waals surface area (Å²) < 4.78 is 5.38. The summed E-state index contributed by atoms with van der Waals surface area (Å²) in [5.41, 5.74) is 1.34. The van der Waals surface area contributed by atoms with Gasteiger partial charge < -0.3 is 14.8 Å². The van der Waals surface area contributed by atoms with Crippen molar-refractivity contribution in [2.24, 2.45) is 5.92 Å². The highest BCUT2D eigenvalue weighted by Crippen LogP contribution is 2.33. The molecule has 6 heteroatoms. The smallest absolute Gasteiger partial charge is 0.326 e. The van der Waals surface area contributed by atoms with E-state index in [0.29, 0.717) is 22.9 Å². The number of nitrogens with one attached hydrogen (secondary N) is 1. The maximum atomic E-state index is 12.1. The standard InChI is InChI=1S/C16H16ClNO4/c17-11-3-4-12-10(8-22-14(12)7-11)6-15(19)18-13(16(20)21)5-9-1-2-9/h3-4,7-9,13H,1-2,5-6H2,(H,18,19)(H,20,21). The van der Waals surface area contributed by atoms with Gasteiger partial charge in [0, 0.05) is 16.0 Å². The number of carboxylic acids is 1. The molecule has 1 aliphatic carbocycles. The normalized spacial score (nSPS) is 15.7. The molecule has 3 rings (SSSR count). The van der Waals surface area contributed by atoms with Crippen molar-refractivity contribution < 1.29 is 19.1 Å². The van der Waals surface area contributed by atoms with Gasteiger partial charge >= 0.3 is 5.97 Å². The summed E-state index contributed by atoms with van der Waals surface area (Å²) in [5, 5.41) is 13.2. The summed E-state index contributed by atoms with van der Waals surface area (Å²) in [6, 6.07) is 4.40. The largest absolute Gasteiger partial charge is 0.480 e. The number of benzene rings is 1. The fourth-order valence-corrected chi connectivity index (χ4v) is 2.68. The highest BCUT2D eigenvalue weighted by Gasteiger charge is 2.30. The van der Waals surface area contributed by atoms with Crippen molar-refractivity contribution in [3.8, 4) is 0 Å². The molecular formula is C16H16ClNO4. The van der Waals surface area contributed by atoms with Crippen LogP contribution in [0, 0.1) is 5.92 Å². The van der Waals surface area contributed by atoms with E-state index in [-0.39, 0.29) is 12.3 Å². The molecule has 1 aromatic carbocycles. The third-order valence-electron chi connectivity index (χ3n) is 3.87. The Bertz CT molecular complexity index is 720. The number of furan rings is 1. The molecule has 116 valence electrons. The van der Waals surface area contributed by atoms with Gasteiger partial charge in [-0.2, -0.15) is 0 Å². The number of carboxylic acid groups (broad SMARTS) is 1. The summed E-state index contributed by atoms with van der Waals surface area (Å²) in [7, 11) is 0. The molecule has 1 atom stereocenters. The van der Waals surface area contributed by atoms with Gasteiger partial charge in [-0.1, -0.05) is 24.4 Å². The Morgan fingerprint density at radius 3 is 2.86 bits per heavy atom. The zero-order valence-corrected chi connectivity index (χ0v) is 12.6. The van der Waals surface area contributed by atoms with Gasteiger partial charge in [-0.3, -0.25) is 4.79 Å². The van der Waals surface area contributed by atoms with Gasteiger partial charge in [0.2, 0.25) is 5.91 Å². The molecule has 0 bridgehead atoms. The van der Waals surface area contributed by atoms with Gasteiger partial charge in [0.05, 0.1) is 12.7 Å². The van der Waals surface area contributed by atoms with E-state index in [9.17, 15) is 14.7 Å².